The minimum atomic E-state index is -0.660. The summed E-state index contributed by atoms with van der Waals surface area (Å²) < 4.78 is 0. The second-order valence-electron chi connectivity index (χ2n) is 4.32. The molecule has 4 heteroatoms. The monoisotopic (exact) mass is 205 g/mol. The van der Waals surface area contributed by atoms with Crippen LogP contribution in [0.1, 0.15) is 32.6 Å². The zero-order valence-corrected chi connectivity index (χ0v) is 8.56. The second-order valence-corrected chi connectivity index (χ2v) is 4.32. The van der Waals surface area contributed by atoms with Gasteiger partial charge in [-0.25, -0.2) is 0 Å². The predicted molar refractivity (Wildman–Crippen MR) is 52.2 cm³/mol. The van der Waals surface area contributed by atoms with Crippen LogP contribution in [0.2, 0.25) is 0 Å². The number of aliphatic carboxylic acids is 1. The molecule has 0 aromatic carbocycles. The Hall–Kier alpha value is -0.280. The van der Waals surface area contributed by atoms with Crippen LogP contribution in [-0.2, 0) is 4.79 Å². The third-order valence-electron chi connectivity index (χ3n) is 3.19. The maximum atomic E-state index is 10.9. The van der Waals surface area contributed by atoms with E-state index in [4.69, 9.17) is 5.11 Å². The lowest BCUT2D eigenvalue weighted by Gasteiger charge is -2.44. The van der Waals surface area contributed by atoms with Gasteiger partial charge in [-0.3, -0.25) is 10.1 Å². The number of rotatable bonds is 1. The number of carboxylic acid groups (broad SMARTS) is 1. The lowest BCUT2D eigenvalue weighted by atomic mass is 9.79. The number of fused-ring (bicyclic) bond motifs is 3. The van der Waals surface area contributed by atoms with E-state index < -0.39 is 11.5 Å². The Bertz CT molecular complexity index is 214. The van der Waals surface area contributed by atoms with Crippen LogP contribution in [0.3, 0.4) is 0 Å². The molecule has 2 N–H and O–H groups in total. The minimum Gasteiger partial charge on any atom is -0.480 e. The molecule has 2 heterocycles. The number of hydrogen-bond acceptors (Lipinski definition) is 2. The Kier molecular flexibility index (Phi) is 2.88. The first-order valence-corrected chi connectivity index (χ1v) is 4.63. The number of hydrogen-bond donors (Lipinski definition) is 2. The molecular weight excluding hydrogens is 190 g/mol. The minimum absolute atomic E-state index is 0. The molecule has 76 valence electrons. The molecule has 3 fully saturated rings. The van der Waals surface area contributed by atoms with Gasteiger partial charge >= 0.3 is 5.97 Å². The smallest absolute Gasteiger partial charge is 0.323 e. The van der Waals surface area contributed by atoms with Gasteiger partial charge in [0.2, 0.25) is 0 Å². The Morgan fingerprint density at radius 1 is 1.46 bits per heavy atom. The van der Waals surface area contributed by atoms with E-state index in [1.165, 1.54) is 6.42 Å². The second kappa shape index (κ2) is 3.46. The summed E-state index contributed by atoms with van der Waals surface area (Å²) in [6.07, 6.45) is 3.97. The first-order chi connectivity index (χ1) is 5.62. The van der Waals surface area contributed by atoms with E-state index in [2.05, 4.69) is 12.2 Å². The summed E-state index contributed by atoms with van der Waals surface area (Å²) >= 11 is 0. The van der Waals surface area contributed by atoms with Crippen molar-refractivity contribution >= 4 is 18.4 Å². The maximum Gasteiger partial charge on any atom is 0.323 e. The topological polar surface area (TPSA) is 49.3 Å². The standard InChI is InChI=1S/C9H15NO2.ClH/c1-6-2-3-7-5-9(4-6,10-7)8(11)12;/h6-7,10H,2-5H2,1H3,(H,11,12);1H. The number of carbonyl (C=O) groups is 1. The van der Waals surface area contributed by atoms with Crippen molar-refractivity contribution in [3.8, 4) is 0 Å². The van der Waals surface area contributed by atoms with Crippen molar-refractivity contribution in [2.24, 2.45) is 5.92 Å². The number of carboxylic acids is 1. The first kappa shape index (κ1) is 10.8. The molecule has 1 saturated carbocycles. The van der Waals surface area contributed by atoms with Crippen molar-refractivity contribution in [2.75, 3.05) is 0 Å². The molecule has 2 bridgehead atoms. The van der Waals surface area contributed by atoms with Crippen molar-refractivity contribution in [1.29, 1.82) is 0 Å². The van der Waals surface area contributed by atoms with Crippen molar-refractivity contribution in [1.82, 2.24) is 5.32 Å². The lowest BCUT2D eigenvalue weighted by molar-refractivity contribution is -0.150. The van der Waals surface area contributed by atoms with Gasteiger partial charge in [-0.1, -0.05) is 6.92 Å². The summed E-state index contributed by atoms with van der Waals surface area (Å²) in [5.74, 6) is -0.103. The quantitative estimate of drug-likeness (QED) is 0.681. The van der Waals surface area contributed by atoms with Gasteiger partial charge in [-0.05, 0) is 31.6 Å². The van der Waals surface area contributed by atoms with Crippen LogP contribution in [-0.4, -0.2) is 22.7 Å². The molecule has 3 unspecified atom stereocenters. The van der Waals surface area contributed by atoms with E-state index in [9.17, 15) is 4.79 Å². The molecular formula is C9H16ClNO2. The fraction of sp³-hybridized carbons (Fsp3) is 0.889. The molecule has 3 atom stereocenters. The van der Waals surface area contributed by atoms with Gasteiger partial charge in [0.05, 0.1) is 0 Å². The lowest BCUT2D eigenvalue weighted by Crippen LogP contribution is -2.67. The molecule has 0 spiro atoms. The summed E-state index contributed by atoms with van der Waals surface area (Å²) in [7, 11) is 0. The summed E-state index contributed by atoms with van der Waals surface area (Å²) in [4.78, 5) is 10.9. The normalized spacial score (nSPS) is 42.5. The van der Waals surface area contributed by atoms with Gasteiger partial charge in [0, 0.05) is 6.04 Å². The summed E-state index contributed by atoms with van der Waals surface area (Å²) in [6, 6.07) is 0.478. The van der Waals surface area contributed by atoms with E-state index in [0.29, 0.717) is 12.0 Å². The van der Waals surface area contributed by atoms with Crippen LogP contribution in [0.4, 0.5) is 0 Å². The Morgan fingerprint density at radius 2 is 2.08 bits per heavy atom. The average molecular weight is 206 g/mol. The molecule has 3 aliphatic rings. The largest absolute Gasteiger partial charge is 0.480 e. The van der Waals surface area contributed by atoms with Crippen LogP contribution in [0.15, 0.2) is 0 Å². The fourth-order valence-corrected chi connectivity index (χ4v) is 2.53. The van der Waals surface area contributed by atoms with E-state index >= 15 is 0 Å². The predicted octanol–water partition coefficient (Wildman–Crippen LogP) is 1.41. The van der Waals surface area contributed by atoms with E-state index in [1.807, 2.05) is 0 Å². The van der Waals surface area contributed by atoms with E-state index in [1.54, 1.807) is 0 Å². The van der Waals surface area contributed by atoms with Crippen molar-refractivity contribution in [3.05, 3.63) is 0 Å². The summed E-state index contributed by atoms with van der Waals surface area (Å²) in [5, 5.41) is 12.2. The zero-order valence-electron chi connectivity index (χ0n) is 7.75. The number of nitrogens with one attached hydrogen (secondary N) is 1. The summed E-state index contributed by atoms with van der Waals surface area (Å²) in [5.41, 5.74) is -0.555. The number of halogens is 1. The van der Waals surface area contributed by atoms with Crippen molar-refractivity contribution in [2.45, 2.75) is 44.2 Å². The van der Waals surface area contributed by atoms with E-state index in [0.717, 1.165) is 19.3 Å². The molecule has 0 radical (unpaired) electrons. The summed E-state index contributed by atoms with van der Waals surface area (Å²) in [6.45, 7) is 2.15. The zero-order chi connectivity index (χ0) is 8.77. The third-order valence-corrected chi connectivity index (χ3v) is 3.19. The van der Waals surface area contributed by atoms with Gasteiger partial charge in [-0.2, -0.15) is 0 Å². The highest BCUT2D eigenvalue weighted by Gasteiger charge is 2.51. The van der Waals surface area contributed by atoms with Gasteiger partial charge in [0.15, 0.2) is 0 Å². The Morgan fingerprint density at radius 3 is 2.62 bits per heavy atom. The van der Waals surface area contributed by atoms with Crippen LogP contribution in [0.5, 0.6) is 0 Å². The SMILES string of the molecule is CC1CCC2CC(C(=O)O)(C1)N2.Cl. The highest BCUT2D eigenvalue weighted by molar-refractivity contribution is 5.85. The molecule has 3 rings (SSSR count). The van der Waals surface area contributed by atoms with Crippen LogP contribution >= 0.6 is 12.4 Å². The van der Waals surface area contributed by atoms with Gasteiger partial charge < -0.3 is 5.11 Å². The first-order valence-electron chi connectivity index (χ1n) is 4.63. The molecule has 13 heavy (non-hydrogen) atoms. The average Bonchev–Trinajstić information content (AvgIpc) is 2.14. The Balaban J connectivity index is 0.000000845. The molecule has 3 nitrogen and oxygen atoms in total. The Labute approximate surface area is 84.3 Å². The highest BCUT2D eigenvalue weighted by atomic mass is 35.5. The van der Waals surface area contributed by atoms with Crippen LogP contribution in [0, 0.1) is 5.92 Å². The van der Waals surface area contributed by atoms with Gasteiger partial charge in [0.25, 0.3) is 0 Å². The molecule has 0 aromatic heterocycles. The third kappa shape index (κ3) is 1.67. The van der Waals surface area contributed by atoms with Gasteiger partial charge in [-0.15, -0.1) is 12.4 Å². The van der Waals surface area contributed by atoms with E-state index in [-0.39, 0.29) is 12.4 Å². The molecule has 0 aromatic rings. The van der Waals surface area contributed by atoms with Crippen LogP contribution < -0.4 is 5.32 Å². The fourth-order valence-electron chi connectivity index (χ4n) is 2.53. The maximum absolute atomic E-state index is 10.9. The van der Waals surface area contributed by atoms with Gasteiger partial charge in [0.1, 0.15) is 5.54 Å². The molecule has 1 aliphatic carbocycles. The molecule has 2 aliphatic heterocycles. The van der Waals surface area contributed by atoms with Crippen molar-refractivity contribution < 1.29 is 9.90 Å². The molecule has 0 amide bonds. The highest BCUT2D eigenvalue weighted by Crippen LogP contribution is 2.39. The molecule has 2 saturated heterocycles. The van der Waals surface area contributed by atoms with Crippen LogP contribution in [0.25, 0.3) is 0 Å². The van der Waals surface area contributed by atoms with Crippen molar-refractivity contribution in [3.63, 3.8) is 0 Å².